The molecule has 0 bridgehead atoms. The van der Waals surface area contributed by atoms with Crippen LogP contribution in [0, 0.1) is 12.8 Å². The standard InChI is InChI=1S/C35H33BrN2O2/c1-3-39-34-20-25(10-18-33(34)40-22-24-8-13-27(36)14-9-24)21-37-28-15-11-26(12-16-28)35-30-6-4-5-29(30)31-19-23(2)7-17-32(31)38-35/h4-5,7-21,29-30,35,38H,3,6,22H2,1-2H3/t29-,30+,35+/m1/s1. The predicted octanol–water partition coefficient (Wildman–Crippen LogP) is 9.31. The summed E-state index contributed by atoms with van der Waals surface area (Å²) in [5, 5.41) is 3.83. The Bertz CT molecular complexity index is 1540. The normalized spacial score (nSPS) is 19.2. The maximum absolute atomic E-state index is 6.07. The van der Waals surface area contributed by atoms with Gasteiger partial charge in [0.1, 0.15) is 6.61 Å². The summed E-state index contributed by atoms with van der Waals surface area (Å²) < 4.78 is 13.0. The fraction of sp³-hybridized carbons (Fsp3) is 0.229. The quantitative estimate of drug-likeness (QED) is 0.164. The molecule has 1 heterocycles. The Labute approximate surface area is 244 Å². The van der Waals surface area contributed by atoms with Crippen LogP contribution in [-0.4, -0.2) is 12.8 Å². The molecule has 0 radical (unpaired) electrons. The maximum Gasteiger partial charge on any atom is 0.161 e. The summed E-state index contributed by atoms with van der Waals surface area (Å²) in [5.74, 6) is 2.45. The van der Waals surface area contributed by atoms with Gasteiger partial charge in [-0.1, -0.05) is 70.0 Å². The minimum absolute atomic E-state index is 0.284. The second kappa shape index (κ2) is 11.7. The summed E-state index contributed by atoms with van der Waals surface area (Å²) in [6, 6.07) is 29.7. The molecule has 1 N–H and O–H groups in total. The first-order chi connectivity index (χ1) is 19.6. The SMILES string of the molecule is CCOc1cc(C=Nc2ccc([C@@H]3Nc4ccc(C)cc4[C@@H]4C=CC[C@@H]43)cc2)ccc1OCc1ccc(Br)cc1. The van der Waals surface area contributed by atoms with Crippen molar-refractivity contribution in [1.82, 2.24) is 0 Å². The van der Waals surface area contributed by atoms with Gasteiger partial charge in [0.25, 0.3) is 0 Å². The predicted molar refractivity (Wildman–Crippen MR) is 167 cm³/mol. The summed E-state index contributed by atoms with van der Waals surface area (Å²) in [7, 11) is 0. The smallest absolute Gasteiger partial charge is 0.161 e. The molecule has 202 valence electrons. The number of hydrogen-bond acceptors (Lipinski definition) is 4. The monoisotopic (exact) mass is 592 g/mol. The molecule has 0 aromatic heterocycles. The van der Waals surface area contributed by atoms with Gasteiger partial charge in [0.05, 0.1) is 18.3 Å². The molecule has 1 aliphatic heterocycles. The van der Waals surface area contributed by atoms with Crippen molar-refractivity contribution in [2.45, 2.75) is 38.8 Å². The minimum Gasteiger partial charge on any atom is -0.490 e. The van der Waals surface area contributed by atoms with Crippen molar-refractivity contribution >= 4 is 33.5 Å². The van der Waals surface area contributed by atoms with Gasteiger partial charge in [-0.25, -0.2) is 0 Å². The van der Waals surface area contributed by atoms with Crippen molar-refractivity contribution in [2.24, 2.45) is 10.9 Å². The molecule has 6 rings (SSSR count). The molecule has 0 unspecified atom stereocenters. The molecule has 0 amide bonds. The highest BCUT2D eigenvalue weighted by Crippen LogP contribution is 2.50. The minimum atomic E-state index is 0.284. The molecule has 2 aliphatic rings. The Morgan fingerprint density at radius 2 is 1.75 bits per heavy atom. The van der Waals surface area contributed by atoms with Crippen LogP contribution >= 0.6 is 15.9 Å². The molecule has 3 atom stereocenters. The van der Waals surface area contributed by atoms with Crippen molar-refractivity contribution < 1.29 is 9.47 Å². The van der Waals surface area contributed by atoms with Crippen LogP contribution in [0.15, 0.2) is 107 Å². The van der Waals surface area contributed by atoms with E-state index in [0.717, 1.165) is 39.2 Å². The highest BCUT2D eigenvalue weighted by Gasteiger charge is 2.37. The molecule has 0 fully saturated rings. The van der Waals surface area contributed by atoms with E-state index in [9.17, 15) is 0 Å². The molecule has 0 spiro atoms. The van der Waals surface area contributed by atoms with Crippen LogP contribution in [0.25, 0.3) is 0 Å². The highest BCUT2D eigenvalue weighted by atomic mass is 79.9. The number of allylic oxidation sites excluding steroid dienone is 2. The zero-order chi connectivity index (χ0) is 27.5. The van der Waals surface area contributed by atoms with Gasteiger partial charge in [0, 0.05) is 22.3 Å². The number of rotatable bonds is 8. The summed E-state index contributed by atoms with van der Waals surface area (Å²) in [6.45, 7) is 5.19. The lowest BCUT2D eigenvalue weighted by Crippen LogP contribution is -2.29. The van der Waals surface area contributed by atoms with Crippen molar-refractivity contribution in [2.75, 3.05) is 11.9 Å². The fourth-order valence-corrected chi connectivity index (χ4v) is 5.96. The molecule has 0 saturated heterocycles. The van der Waals surface area contributed by atoms with Gasteiger partial charge >= 0.3 is 0 Å². The van der Waals surface area contributed by atoms with Crippen molar-refractivity contribution in [1.29, 1.82) is 0 Å². The lowest BCUT2D eigenvalue weighted by Gasteiger charge is -2.37. The topological polar surface area (TPSA) is 42.8 Å². The molecule has 4 nitrogen and oxygen atoms in total. The van der Waals surface area contributed by atoms with E-state index >= 15 is 0 Å². The van der Waals surface area contributed by atoms with Crippen LogP contribution in [0.1, 0.15) is 53.1 Å². The van der Waals surface area contributed by atoms with Crippen LogP contribution in [0.3, 0.4) is 0 Å². The van der Waals surface area contributed by atoms with Gasteiger partial charge in [-0.2, -0.15) is 0 Å². The van der Waals surface area contributed by atoms with Crippen LogP contribution in [0.2, 0.25) is 0 Å². The number of anilines is 1. The third-order valence-corrected chi connectivity index (χ3v) is 8.24. The molecular formula is C35H33BrN2O2. The second-order valence-corrected chi connectivity index (χ2v) is 11.4. The van der Waals surface area contributed by atoms with E-state index < -0.39 is 0 Å². The number of nitrogens with one attached hydrogen (secondary N) is 1. The Hall–Kier alpha value is -3.83. The van der Waals surface area contributed by atoms with Crippen molar-refractivity contribution in [3.05, 3.63) is 129 Å². The van der Waals surface area contributed by atoms with E-state index in [1.165, 1.54) is 22.4 Å². The molecule has 0 saturated carbocycles. The molecule has 5 heteroatoms. The largest absolute Gasteiger partial charge is 0.490 e. The average Bonchev–Trinajstić information content (AvgIpc) is 3.47. The Morgan fingerprint density at radius 1 is 0.925 bits per heavy atom. The first-order valence-electron chi connectivity index (χ1n) is 13.9. The Morgan fingerprint density at radius 3 is 2.55 bits per heavy atom. The number of halogens is 1. The van der Waals surface area contributed by atoms with Gasteiger partial charge in [-0.15, -0.1) is 0 Å². The molecule has 1 aliphatic carbocycles. The lowest BCUT2D eigenvalue weighted by molar-refractivity contribution is 0.269. The van der Waals surface area contributed by atoms with E-state index in [1.807, 2.05) is 55.6 Å². The third kappa shape index (κ3) is 5.71. The first kappa shape index (κ1) is 26.4. The molecule has 4 aromatic carbocycles. The zero-order valence-electron chi connectivity index (χ0n) is 22.8. The number of benzene rings is 4. The first-order valence-corrected chi connectivity index (χ1v) is 14.7. The van der Waals surface area contributed by atoms with E-state index in [-0.39, 0.29) is 6.04 Å². The summed E-state index contributed by atoms with van der Waals surface area (Å²) in [5.41, 5.74) is 8.27. The summed E-state index contributed by atoms with van der Waals surface area (Å²) in [4.78, 5) is 4.75. The van der Waals surface area contributed by atoms with Crippen LogP contribution in [0.5, 0.6) is 11.5 Å². The van der Waals surface area contributed by atoms with E-state index in [4.69, 9.17) is 14.5 Å². The number of fused-ring (bicyclic) bond motifs is 3. The number of aryl methyl sites for hydroxylation is 1. The fourth-order valence-electron chi connectivity index (χ4n) is 5.69. The highest BCUT2D eigenvalue weighted by molar-refractivity contribution is 9.10. The summed E-state index contributed by atoms with van der Waals surface area (Å²) >= 11 is 3.47. The molecule has 4 aromatic rings. The van der Waals surface area contributed by atoms with E-state index in [2.05, 4.69) is 82.8 Å². The number of nitrogens with zero attached hydrogens (tertiary/aromatic N) is 1. The van der Waals surface area contributed by atoms with Gasteiger partial charge in [0.15, 0.2) is 11.5 Å². The number of hydrogen-bond donors (Lipinski definition) is 1. The van der Waals surface area contributed by atoms with Gasteiger partial charge in [-0.3, -0.25) is 4.99 Å². The third-order valence-electron chi connectivity index (χ3n) is 7.71. The van der Waals surface area contributed by atoms with Crippen LogP contribution < -0.4 is 14.8 Å². The van der Waals surface area contributed by atoms with E-state index in [1.54, 1.807) is 0 Å². The molecular weight excluding hydrogens is 560 g/mol. The number of ether oxygens (including phenoxy) is 2. The summed E-state index contributed by atoms with van der Waals surface area (Å²) in [6.07, 6.45) is 7.71. The Balaban J connectivity index is 1.15. The average molecular weight is 594 g/mol. The van der Waals surface area contributed by atoms with Crippen molar-refractivity contribution in [3.8, 4) is 11.5 Å². The van der Waals surface area contributed by atoms with Crippen LogP contribution in [0.4, 0.5) is 11.4 Å². The number of aliphatic imine (C=N–C) groups is 1. The Kier molecular flexibility index (Phi) is 7.74. The van der Waals surface area contributed by atoms with E-state index in [0.29, 0.717) is 25.0 Å². The van der Waals surface area contributed by atoms with Crippen molar-refractivity contribution in [3.63, 3.8) is 0 Å². The molecule has 40 heavy (non-hydrogen) atoms. The zero-order valence-corrected chi connectivity index (χ0v) is 24.4. The van der Waals surface area contributed by atoms with Gasteiger partial charge in [0.2, 0.25) is 0 Å². The maximum atomic E-state index is 6.07. The lowest BCUT2D eigenvalue weighted by atomic mass is 9.76. The van der Waals surface area contributed by atoms with Gasteiger partial charge in [-0.05, 0) is 97.0 Å². The second-order valence-electron chi connectivity index (χ2n) is 10.5. The van der Waals surface area contributed by atoms with Crippen LogP contribution in [-0.2, 0) is 6.61 Å². The van der Waals surface area contributed by atoms with Gasteiger partial charge < -0.3 is 14.8 Å².